The number of fused-ring (bicyclic) bond motifs is 3. The molecule has 2 heterocycles. The molecular weight excluding hydrogens is 136 g/mol. The molecule has 1 saturated carbocycles. The summed E-state index contributed by atoms with van der Waals surface area (Å²) in [4.78, 5) is 4.12. The molecule has 0 radical (unpaired) electrons. The Bertz CT molecular complexity index is 326. The molecule has 1 aliphatic carbocycles. The van der Waals surface area contributed by atoms with Gasteiger partial charge < -0.3 is 5.32 Å². The van der Waals surface area contributed by atoms with Crippen LogP contribution in [0.1, 0.15) is 26.3 Å². The predicted octanol–water partition coefficient (Wildman–Crippen LogP) is 2.00. The zero-order valence-corrected chi connectivity index (χ0v) is 6.46. The van der Waals surface area contributed by atoms with Crippen LogP contribution in [0.3, 0.4) is 0 Å². The Labute approximate surface area is 67.1 Å². The van der Waals surface area contributed by atoms with Gasteiger partial charge in [-0.25, -0.2) is 0 Å². The Kier molecular flexibility index (Phi) is 0.721. The first-order chi connectivity index (χ1) is 5.30. The summed E-state index contributed by atoms with van der Waals surface area (Å²) in [7, 11) is 0. The Morgan fingerprint density at radius 2 is 2.73 bits per heavy atom. The number of hydrogen-bond donors (Lipinski definition) is 1. The highest BCUT2D eigenvalue weighted by Crippen LogP contribution is 2.59. The van der Waals surface area contributed by atoms with Crippen molar-refractivity contribution >= 4 is 5.69 Å². The first kappa shape index (κ1) is 5.58. The van der Waals surface area contributed by atoms with Crippen LogP contribution in [0.5, 0.6) is 0 Å². The first-order valence-corrected chi connectivity index (χ1v) is 4.02. The molecule has 0 spiro atoms. The molecule has 58 valence electrons. The maximum Gasteiger partial charge on any atom is 0.0423 e. The van der Waals surface area contributed by atoms with E-state index in [1.807, 2.05) is 12.4 Å². The standard InChI is InChI=1S/C9H10N2.H2/c1-9-4-7(9)6-5-10-3-2-8(6)11-9;/h2-3,5,7,11H,4H2,1H3;1H. The predicted molar refractivity (Wildman–Crippen MR) is 45.7 cm³/mol. The van der Waals surface area contributed by atoms with Gasteiger partial charge in [-0.15, -0.1) is 0 Å². The van der Waals surface area contributed by atoms with E-state index in [1.54, 1.807) is 0 Å². The third-order valence-corrected chi connectivity index (χ3v) is 2.88. The fourth-order valence-corrected chi connectivity index (χ4v) is 2.06. The van der Waals surface area contributed by atoms with Crippen LogP contribution in [0.2, 0.25) is 0 Å². The lowest BCUT2D eigenvalue weighted by Crippen LogP contribution is -2.12. The molecule has 1 fully saturated rings. The normalized spacial score (nSPS) is 37.4. The molecule has 0 bridgehead atoms. The Morgan fingerprint density at radius 1 is 1.82 bits per heavy atom. The molecule has 1 N–H and O–H groups in total. The van der Waals surface area contributed by atoms with Crippen LogP contribution in [-0.2, 0) is 0 Å². The van der Waals surface area contributed by atoms with Crippen LogP contribution < -0.4 is 5.32 Å². The van der Waals surface area contributed by atoms with Crippen LogP contribution in [0.15, 0.2) is 18.5 Å². The molecule has 0 saturated heterocycles. The van der Waals surface area contributed by atoms with Crippen LogP contribution in [0.4, 0.5) is 5.69 Å². The van der Waals surface area contributed by atoms with Crippen LogP contribution in [-0.4, -0.2) is 10.5 Å². The molecule has 0 aromatic carbocycles. The Hall–Kier alpha value is -1.05. The van der Waals surface area contributed by atoms with Crippen LogP contribution in [0.25, 0.3) is 0 Å². The van der Waals surface area contributed by atoms with Crippen molar-refractivity contribution in [2.45, 2.75) is 24.8 Å². The molecule has 2 unspecified atom stereocenters. The molecule has 2 nitrogen and oxygen atoms in total. The zero-order valence-electron chi connectivity index (χ0n) is 6.46. The van der Waals surface area contributed by atoms with E-state index in [0.717, 1.165) is 5.92 Å². The molecule has 0 amide bonds. The van der Waals surface area contributed by atoms with Crippen molar-refractivity contribution in [1.29, 1.82) is 0 Å². The van der Waals surface area contributed by atoms with E-state index in [9.17, 15) is 0 Å². The third-order valence-electron chi connectivity index (χ3n) is 2.88. The molecule has 1 aliphatic heterocycles. The van der Waals surface area contributed by atoms with Crippen molar-refractivity contribution in [3.8, 4) is 0 Å². The average molecular weight is 148 g/mol. The van der Waals surface area contributed by atoms with E-state index in [1.165, 1.54) is 17.7 Å². The van der Waals surface area contributed by atoms with Crippen molar-refractivity contribution < 1.29 is 1.43 Å². The van der Waals surface area contributed by atoms with Gasteiger partial charge in [-0.05, 0) is 25.0 Å². The summed E-state index contributed by atoms with van der Waals surface area (Å²) < 4.78 is 0. The van der Waals surface area contributed by atoms with E-state index < -0.39 is 0 Å². The van der Waals surface area contributed by atoms with Gasteiger partial charge in [-0.1, -0.05) is 0 Å². The van der Waals surface area contributed by atoms with Gasteiger partial charge in [0, 0.05) is 31.0 Å². The SMILES string of the molecule is CC12CC1c1cnccc1N2.[HH]. The van der Waals surface area contributed by atoms with Crippen molar-refractivity contribution in [2.24, 2.45) is 0 Å². The molecule has 2 heteroatoms. The zero-order chi connectivity index (χ0) is 7.47. The molecule has 2 atom stereocenters. The van der Waals surface area contributed by atoms with Gasteiger partial charge in [0.25, 0.3) is 0 Å². The summed E-state index contributed by atoms with van der Waals surface area (Å²) in [6.45, 7) is 2.28. The summed E-state index contributed by atoms with van der Waals surface area (Å²) in [5, 5.41) is 3.51. The number of nitrogens with one attached hydrogen (secondary N) is 1. The lowest BCUT2D eigenvalue weighted by atomic mass is 10.2. The summed E-state index contributed by atoms with van der Waals surface area (Å²) in [5.41, 5.74) is 3.08. The lowest BCUT2D eigenvalue weighted by molar-refractivity contribution is 0.825. The Morgan fingerprint density at radius 3 is 3.55 bits per heavy atom. The van der Waals surface area contributed by atoms with Gasteiger partial charge >= 0.3 is 0 Å². The number of rotatable bonds is 0. The number of nitrogens with zero attached hydrogens (tertiary/aromatic N) is 1. The number of pyridine rings is 1. The van der Waals surface area contributed by atoms with E-state index in [4.69, 9.17) is 0 Å². The van der Waals surface area contributed by atoms with Crippen LogP contribution >= 0.6 is 0 Å². The van der Waals surface area contributed by atoms with Crippen molar-refractivity contribution in [1.82, 2.24) is 4.98 Å². The molecular formula is C9H12N2. The monoisotopic (exact) mass is 148 g/mol. The fraction of sp³-hybridized carbons (Fsp3) is 0.444. The lowest BCUT2D eigenvalue weighted by Gasteiger charge is -2.07. The second-order valence-corrected chi connectivity index (χ2v) is 3.76. The highest BCUT2D eigenvalue weighted by atomic mass is 15.1. The van der Waals surface area contributed by atoms with E-state index in [0.29, 0.717) is 5.54 Å². The smallest absolute Gasteiger partial charge is 0.0423 e. The molecule has 1 aromatic rings. The second kappa shape index (κ2) is 1.42. The molecule has 11 heavy (non-hydrogen) atoms. The topological polar surface area (TPSA) is 24.9 Å². The largest absolute Gasteiger partial charge is 0.379 e. The minimum Gasteiger partial charge on any atom is -0.379 e. The first-order valence-electron chi connectivity index (χ1n) is 4.02. The van der Waals surface area contributed by atoms with E-state index >= 15 is 0 Å². The average Bonchev–Trinajstić information content (AvgIpc) is 2.56. The summed E-state index contributed by atoms with van der Waals surface area (Å²) >= 11 is 0. The summed E-state index contributed by atoms with van der Waals surface area (Å²) in [5.74, 6) is 0.742. The number of aromatic nitrogens is 1. The minimum atomic E-state index is 0. The maximum absolute atomic E-state index is 4.12. The van der Waals surface area contributed by atoms with Crippen molar-refractivity contribution in [3.05, 3.63) is 24.0 Å². The molecule has 2 aliphatic rings. The van der Waals surface area contributed by atoms with Crippen molar-refractivity contribution in [2.75, 3.05) is 5.32 Å². The minimum absolute atomic E-state index is 0. The summed E-state index contributed by atoms with van der Waals surface area (Å²) in [6.07, 6.45) is 5.12. The van der Waals surface area contributed by atoms with Crippen molar-refractivity contribution in [3.63, 3.8) is 0 Å². The number of anilines is 1. The van der Waals surface area contributed by atoms with E-state index in [2.05, 4.69) is 23.3 Å². The van der Waals surface area contributed by atoms with Gasteiger partial charge in [-0.2, -0.15) is 0 Å². The van der Waals surface area contributed by atoms with Gasteiger partial charge in [-0.3, -0.25) is 4.98 Å². The highest BCUT2D eigenvalue weighted by molar-refractivity contribution is 5.65. The van der Waals surface area contributed by atoms with Gasteiger partial charge in [0.15, 0.2) is 0 Å². The fourth-order valence-electron chi connectivity index (χ4n) is 2.06. The van der Waals surface area contributed by atoms with Gasteiger partial charge in [0.1, 0.15) is 0 Å². The van der Waals surface area contributed by atoms with Gasteiger partial charge in [0.2, 0.25) is 0 Å². The number of hydrogen-bond acceptors (Lipinski definition) is 2. The van der Waals surface area contributed by atoms with Crippen LogP contribution in [0, 0.1) is 0 Å². The van der Waals surface area contributed by atoms with E-state index in [-0.39, 0.29) is 1.43 Å². The Balaban J connectivity index is 0.000000563. The third kappa shape index (κ3) is 0.553. The van der Waals surface area contributed by atoms with Gasteiger partial charge in [0.05, 0.1) is 0 Å². The molecule has 1 aromatic heterocycles. The highest BCUT2D eigenvalue weighted by Gasteiger charge is 2.56. The quantitative estimate of drug-likeness (QED) is 0.608. The summed E-state index contributed by atoms with van der Waals surface area (Å²) in [6, 6.07) is 2.06. The second-order valence-electron chi connectivity index (χ2n) is 3.76. The maximum atomic E-state index is 4.12. The molecule has 3 rings (SSSR count).